The minimum atomic E-state index is -3.27. The molecule has 0 heterocycles. The fourth-order valence-electron chi connectivity index (χ4n) is 3.22. The van der Waals surface area contributed by atoms with Gasteiger partial charge in [-0.15, -0.1) is 0 Å². The average molecular weight is 403 g/mol. The van der Waals surface area contributed by atoms with Crippen molar-refractivity contribution in [2.75, 3.05) is 6.26 Å². The zero-order chi connectivity index (χ0) is 20.4. The maximum absolute atomic E-state index is 12.9. The van der Waals surface area contributed by atoms with Crippen molar-refractivity contribution >= 4 is 20.6 Å². The summed E-state index contributed by atoms with van der Waals surface area (Å²) in [6.07, 6.45) is 1.16. The van der Waals surface area contributed by atoms with Gasteiger partial charge in [0.05, 0.1) is 4.90 Å². The Morgan fingerprint density at radius 1 is 0.828 bits per heavy atom. The molecule has 5 heteroatoms. The van der Waals surface area contributed by atoms with E-state index in [1.807, 2.05) is 42.5 Å². The Kier molecular flexibility index (Phi) is 4.99. The zero-order valence-corrected chi connectivity index (χ0v) is 16.6. The van der Waals surface area contributed by atoms with E-state index in [9.17, 15) is 13.5 Å². The third-order valence-electron chi connectivity index (χ3n) is 4.78. The van der Waals surface area contributed by atoms with Crippen molar-refractivity contribution in [2.45, 2.75) is 11.5 Å². The van der Waals surface area contributed by atoms with E-state index in [0.717, 1.165) is 17.2 Å². The van der Waals surface area contributed by atoms with Crippen LogP contribution in [0.3, 0.4) is 0 Å². The number of benzene rings is 4. The highest BCUT2D eigenvalue weighted by Gasteiger charge is 2.13. The van der Waals surface area contributed by atoms with Crippen LogP contribution in [0.15, 0.2) is 89.8 Å². The summed E-state index contributed by atoms with van der Waals surface area (Å²) in [5.41, 5.74) is 2.30. The third-order valence-corrected chi connectivity index (χ3v) is 5.91. The number of hydrogen-bond acceptors (Lipinski definition) is 3. The van der Waals surface area contributed by atoms with Gasteiger partial charge < -0.3 is 4.74 Å². The number of rotatable bonds is 5. The lowest BCUT2D eigenvalue weighted by Crippen LogP contribution is -1.96. The molecule has 0 saturated carbocycles. The molecular formula is C24H19O4S. The van der Waals surface area contributed by atoms with Crippen molar-refractivity contribution in [1.82, 2.24) is 0 Å². The Morgan fingerprint density at radius 3 is 2.24 bits per heavy atom. The van der Waals surface area contributed by atoms with Gasteiger partial charge >= 0.3 is 0 Å². The highest BCUT2D eigenvalue weighted by atomic mass is 32.2. The lowest BCUT2D eigenvalue weighted by molar-refractivity contribution is 0.306. The summed E-state index contributed by atoms with van der Waals surface area (Å²) in [7, 11) is -3.27. The number of ether oxygens (including phenoxy) is 1. The summed E-state index contributed by atoms with van der Waals surface area (Å²) in [4.78, 5) is 0.231. The van der Waals surface area contributed by atoms with Gasteiger partial charge in [-0.3, -0.25) is 5.11 Å². The summed E-state index contributed by atoms with van der Waals surface area (Å²) in [5, 5.41) is 14.3. The van der Waals surface area contributed by atoms with E-state index < -0.39 is 9.84 Å². The van der Waals surface area contributed by atoms with E-state index in [1.165, 1.54) is 12.1 Å². The van der Waals surface area contributed by atoms with E-state index in [0.29, 0.717) is 28.9 Å². The molecule has 4 rings (SSSR count). The number of fused-ring (bicyclic) bond motifs is 1. The molecule has 145 valence electrons. The quantitative estimate of drug-likeness (QED) is 0.434. The molecule has 0 bridgehead atoms. The van der Waals surface area contributed by atoms with Crippen molar-refractivity contribution in [1.29, 1.82) is 0 Å². The normalized spacial score (nSPS) is 11.5. The minimum absolute atomic E-state index is 0.0933. The second-order valence-electron chi connectivity index (χ2n) is 6.90. The Morgan fingerprint density at radius 2 is 1.55 bits per heavy atom. The lowest BCUT2D eigenvalue weighted by atomic mass is 9.99. The van der Waals surface area contributed by atoms with Gasteiger partial charge in [0.1, 0.15) is 12.4 Å². The van der Waals surface area contributed by atoms with Crippen molar-refractivity contribution in [3.63, 3.8) is 0 Å². The van der Waals surface area contributed by atoms with Gasteiger partial charge in [0.2, 0.25) is 0 Å². The molecule has 0 amide bonds. The topological polar surface area (TPSA) is 63.3 Å². The minimum Gasteiger partial charge on any atom is -0.489 e. The van der Waals surface area contributed by atoms with Crippen LogP contribution in [0, 0.1) is 0 Å². The Balaban J connectivity index is 1.62. The van der Waals surface area contributed by atoms with E-state index in [1.54, 1.807) is 30.3 Å². The summed E-state index contributed by atoms with van der Waals surface area (Å²) in [6.45, 7) is 0.460. The van der Waals surface area contributed by atoms with E-state index in [-0.39, 0.29) is 10.6 Å². The monoisotopic (exact) mass is 403 g/mol. The largest absolute Gasteiger partial charge is 0.489 e. The van der Waals surface area contributed by atoms with E-state index >= 15 is 0 Å². The molecule has 0 aliphatic rings. The third kappa shape index (κ3) is 4.10. The zero-order valence-electron chi connectivity index (χ0n) is 15.8. The molecule has 0 aliphatic carbocycles. The van der Waals surface area contributed by atoms with Gasteiger partial charge in [-0.2, -0.15) is 0 Å². The van der Waals surface area contributed by atoms with Crippen LogP contribution in [-0.4, -0.2) is 14.7 Å². The molecule has 4 aromatic rings. The molecule has 0 atom stereocenters. The van der Waals surface area contributed by atoms with Crippen LogP contribution in [0.25, 0.3) is 21.9 Å². The number of sulfone groups is 1. The van der Waals surface area contributed by atoms with Crippen LogP contribution in [0.5, 0.6) is 11.5 Å². The number of hydrogen-bond donors (Lipinski definition) is 0. The molecular weight excluding hydrogens is 384 g/mol. The van der Waals surface area contributed by atoms with Crippen LogP contribution in [-0.2, 0) is 21.6 Å². The maximum atomic E-state index is 12.9. The van der Waals surface area contributed by atoms with Crippen molar-refractivity contribution < 1.29 is 18.3 Å². The highest BCUT2D eigenvalue weighted by molar-refractivity contribution is 7.90. The van der Waals surface area contributed by atoms with E-state index in [2.05, 4.69) is 0 Å². The standard InChI is InChI=1S/C24H19O4S/c1-29(26,27)21-11-7-18(8-12-21)22-13-9-19-15-20(10-14-23(19)24(22)25)28-16-17-5-3-2-4-6-17/h2-15H,16H2,1H3. The van der Waals surface area contributed by atoms with Crippen LogP contribution in [0.2, 0.25) is 0 Å². The second-order valence-corrected chi connectivity index (χ2v) is 8.91. The first-order valence-corrected chi connectivity index (χ1v) is 11.0. The van der Waals surface area contributed by atoms with Crippen LogP contribution in [0.1, 0.15) is 5.56 Å². The first-order chi connectivity index (χ1) is 13.9. The summed E-state index contributed by atoms with van der Waals surface area (Å²) >= 11 is 0. The molecule has 0 aliphatic heterocycles. The van der Waals surface area contributed by atoms with Crippen molar-refractivity contribution in [3.05, 3.63) is 90.5 Å². The highest BCUT2D eigenvalue weighted by Crippen LogP contribution is 2.38. The van der Waals surface area contributed by atoms with Crippen molar-refractivity contribution in [2.24, 2.45) is 0 Å². The summed E-state index contributed by atoms with van der Waals surface area (Å²) in [6, 6.07) is 25.3. The van der Waals surface area contributed by atoms with Gasteiger partial charge in [0.25, 0.3) is 0 Å². The van der Waals surface area contributed by atoms with Gasteiger partial charge in [-0.1, -0.05) is 48.5 Å². The summed E-state index contributed by atoms with van der Waals surface area (Å²) in [5.74, 6) is 0.607. The fourth-order valence-corrected chi connectivity index (χ4v) is 3.85. The van der Waals surface area contributed by atoms with Crippen LogP contribution < -0.4 is 4.74 Å². The van der Waals surface area contributed by atoms with Gasteiger partial charge in [0, 0.05) is 17.2 Å². The molecule has 0 N–H and O–H groups in total. The van der Waals surface area contributed by atoms with Gasteiger partial charge in [-0.25, -0.2) is 8.42 Å². The molecule has 29 heavy (non-hydrogen) atoms. The second kappa shape index (κ2) is 7.60. The molecule has 0 aromatic heterocycles. The van der Waals surface area contributed by atoms with Gasteiger partial charge in [0.15, 0.2) is 15.6 Å². The first-order valence-electron chi connectivity index (χ1n) is 9.13. The average Bonchev–Trinajstić information content (AvgIpc) is 2.73. The van der Waals surface area contributed by atoms with E-state index in [4.69, 9.17) is 4.74 Å². The van der Waals surface area contributed by atoms with Gasteiger partial charge in [-0.05, 0) is 52.9 Å². The predicted octanol–water partition coefficient (Wildman–Crippen LogP) is 5.63. The molecule has 0 fully saturated rings. The van der Waals surface area contributed by atoms with Crippen LogP contribution in [0.4, 0.5) is 0 Å². The lowest BCUT2D eigenvalue weighted by Gasteiger charge is -2.10. The molecule has 0 saturated heterocycles. The smallest absolute Gasteiger partial charge is 0.194 e. The SMILES string of the molecule is CS(=O)(=O)c1ccc(-c2ccc3cc(OCc4ccccc4)ccc3c2[O])cc1. The molecule has 1 radical (unpaired) electrons. The van der Waals surface area contributed by atoms with Crippen LogP contribution >= 0.6 is 0 Å². The Labute approximate surface area is 169 Å². The fraction of sp³-hybridized carbons (Fsp3) is 0.0833. The Hall–Kier alpha value is -3.31. The molecule has 0 spiro atoms. The predicted molar refractivity (Wildman–Crippen MR) is 113 cm³/mol. The Bertz CT molecular complexity index is 1260. The van der Waals surface area contributed by atoms with Crippen molar-refractivity contribution in [3.8, 4) is 22.6 Å². The molecule has 4 aromatic carbocycles. The first kappa shape index (κ1) is 19.0. The molecule has 4 nitrogen and oxygen atoms in total. The summed E-state index contributed by atoms with van der Waals surface area (Å²) < 4.78 is 29.1. The maximum Gasteiger partial charge on any atom is 0.194 e. The molecule has 0 unspecified atom stereocenters.